The zero-order chi connectivity index (χ0) is 21.2. The summed E-state index contributed by atoms with van der Waals surface area (Å²) in [5.74, 6) is -0.111. The largest absolute Gasteiger partial charge is 0.371 e. The van der Waals surface area contributed by atoms with Crippen molar-refractivity contribution in [2.24, 2.45) is 5.92 Å². The van der Waals surface area contributed by atoms with Crippen LogP contribution in [0.1, 0.15) is 18.4 Å². The zero-order valence-electron chi connectivity index (χ0n) is 17.3. The Morgan fingerprint density at radius 1 is 1.13 bits per heavy atom. The summed E-state index contributed by atoms with van der Waals surface area (Å²) in [6.45, 7) is 2.18. The van der Waals surface area contributed by atoms with Gasteiger partial charge in [-0.1, -0.05) is 18.2 Å². The molecule has 5 nitrogen and oxygen atoms in total. The van der Waals surface area contributed by atoms with Crippen LogP contribution in [0.3, 0.4) is 0 Å². The molecule has 31 heavy (non-hydrogen) atoms. The number of H-pyrrole nitrogens is 1. The number of carbonyl (C=O) groups is 1. The van der Waals surface area contributed by atoms with Gasteiger partial charge in [0.2, 0.25) is 5.91 Å². The minimum atomic E-state index is -0.258. The molecule has 0 saturated carbocycles. The van der Waals surface area contributed by atoms with Crippen molar-refractivity contribution in [3.63, 3.8) is 0 Å². The van der Waals surface area contributed by atoms with E-state index in [4.69, 9.17) is 0 Å². The van der Waals surface area contributed by atoms with Gasteiger partial charge in [-0.2, -0.15) is 0 Å². The molecule has 2 N–H and O–H groups in total. The van der Waals surface area contributed by atoms with Gasteiger partial charge in [0, 0.05) is 59.9 Å². The second-order valence-electron chi connectivity index (χ2n) is 8.15. The molecule has 6 heteroatoms. The number of amides is 1. The number of piperidine rings is 1. The van der Waals surface area contributed by atoms with E-state index in [1.807, 2.05) is 24.4 Å². The summed E-state index contributed by atoms with van der Waals surface area (Å²) < 4.78 is 13.8. The first-order valence-corrected chi connectivity index (χ1v) is 10.8. The average Bonchev–Trinajstić information content (AvgIpc) is 3.22. The lowest BCUT2D eigenvalue weighted by Gasteiger charge is -2.33. The lowest BCUT2D eigenvalue weighted by Crippen LogP contribution is -2.41. The number of aromatic nitrogens is 2. The minimum Gasteiger partial charge on any atom is -0.371 e. The van der Waals surface area contributed by atoms with Crippen LogP contribution >= 0.6 is 0 Å². The summed E-state index contributed by atoms with van der Waals surface area (Å²) in [5, 5.41) is 5.15. The predicted octanol–water partition coefficient (Wildman–Crippen LogP) is 4.43. The third kappa shape index (κ3) is 3.98. The van der Waals surface area contributed by atoms with Crippen LogP contribution in [-0.2, 0) is 11.2 Å². The molecular weight excluding hydrogens is 391 g/mol. The third-order valence-electron chi connectivity index (χ3n) is 6.26. The average molecular weight is 417 g/mol. The highest BCUT2D eigenvalue weighted by Gasteiger charge is 2.25. The van der Waals surface area contributed by atoms with Crippen LogP contribution < -0.4 is 10.2 Å². The summed E-state index contributed by atoms with van der Waals surface area (Å²) in [6, 6.07) is 14.8. The van der Waals surface area contributed by atoms with E-state index in [9.17, 15) is 9.18 Å². The molecule has 1 amide bonds. The van der Waals surface area contributed by atoms with Crippen molar-refractivity contribution in [3.05, 3.63) is 72.3 Å². The van der Waals surface area contributed by atoms with Gasteiger partial charge in [0.1, 0.15) is 5.82 Å². The van der Waals surface area contributed by atoms with Crippen molar-refractivity contribution >= 4 is 33.4 Å². The van der Waals surface area contributed by atoms with Crippen LogP contribution in [0, 0.1) is 11.7 Å². The van der Waals surface area contributed by atoms with E-state index in [1.165, 1.54) is 17.0 Å². The Kier molecular flexibility index (Phi) is 5.28. The Labute approximate surface area is 180 Å². The molecule has 2 aromatic carbocycles. The first kappa shape index (κ1) is 19.5. The molecule has 2 aromatic heterocycles. The third-order valence-corrected chi connectivity index (χ3v) is 6.26. The number of benzene rings is 2. The minimum absolute atomic E-state index is 0.0176. The number of nitrogens with one attached hydrogen (secondary N) is 2. The van der Waals surface area contributed by atoms with E-state index >= 15 is 0 Å². The molecule has 0 aliphatic carbocycles. The van der Waals surface area contributed by atoms with E-state index in [-0.39, 0.29) is 17.6 Å². The highest BCUT2D eigenvalue weighted by atomic mass is 19.1. The van der Waals surface area contributed by atoms with E-state index in [2.05, 4.69) is 32.3 Å². The van der Waals surface area contributed by atoms with Crippen LogP contribution in [0.2, 0.25) is 0 Å². The molecule has 4 aromatic rings. The van der Waals surface area contributed by atoms with Crippen molar-refractivity contribution in [1.29, 1.82) is 0 Å². The van der Waals surface area contributed by atoms with Gasteiger partial charge in [-0.3, -0.25) is 9.78 Å². The van der Waals surface area contributed by atoms with Crippen LogP contribution in [0.25, 0.3) is 21.8 Å². The first-order chi connectivity index (χ1) is 15.2. The van der Waals surface area contributed by atoms with Crippen LogP contribution in [-0.4, -0.2) is 35.5 Å². The van der Waals surface area contributed by atoms with Gasteiger partial charge < -0.3 is 15.2 Å². The normalized spacial score (nSPS) is 14.9. The fourth-order valence-corrected chi connectivity index (χ4v) is 4.57. The number of carbonyl (C=O) groups excluding carboxylic acids is 1. The first-order valence-electron chi connectivity index (χ1n) is 10.8. The van der Waals surface area contributed by atoms with Crippen molar-refractivity contribution < 1.29 is 9.18 Å². The molecule has 1 aliphatic heterocycles. The fraction of sp³-hybridized carbons (Fsp3) is 0.280. The van der Waals surface area contributed by atoms with Crippen molar-refractivity contribution in [1.82, 2.24) is 15.3 Å². The number of fused-ring (bicyclic) bond motifs is 2. The smallest absolute Gasteiger partial charge is 0.223 e. The second kappa shape index (κ2) is 8.38. The van der Waals surface area contributed by atoms with E-state index < -0.39 is 0 Å². The molecule has 158 valence electrons. The van der Waals surface area contributed by atoms with Crippen molar-refractivity contribution in [2.75, 3.05) is 24.5 Å². The highest BCUT2D eigenvalue weighted by Crippen LogP contribution is 2.30. The molecule has 0 unspecified atom stereocenters. The molecule has 1 saturated heterocycles. The molecule has 0 spiro atoms. The highest BCUT2D eigenvalue weighted by molar-refractivity contribution is 5.91. The zero-order valence-corrected chi connectivity index (χ0v) is 17.3. The maximum atomic E-state index is 13.8. The summed E-state index contributed by atoms with van der Waals surface area (Å²) >= 11 is 0. The molecule has 0 radical (unpaired) electrons. The van der Waals surface area contributed by atoms with Crippen molar-refractivity contribution in [2.45, 2.75) is 19.3 Å². The van der Waals surface area contributed by atoms with Gasteiger partial charge >= 0.3 is 0 Å². The quantitative estimate of drug-likeness (QED) is 0.506. The van der Waals surface area contributed by atoms with Crippen LogP contribution in [0.5, 0.6) is 0 Å². The predicted molar refractivity (Wildman–Crippen MR) is 122 cm³/mol. The summed E-state index contributed by atoms with van der Waals surface area (Å²) in [4.78, 5) is 22.5. The van der Waals surface area contributed by atoms with E-state index in [0.717, 1.165) is 54.5 Å². The van der Waals surface area contributed by atoms with Crippen LogP contribution in [0.4, 0.5) is 10.1 Å². The molecule has 1 fully saturated rings. The fourth-order valence-electron chi connectivity index (χ4n) is 4.57. The molecule has 3 heterocycles. The number of hydrogen-bond donors (Lipinski definition) is 2. The summed E-state index contributed by atoms with van der Waals surface area (Å²) in [5.41, 5.74) is 4.13. The van der Waals surface area contributed by atoms with Gasteiger partial charge in [0.15, 0.2) is 0 Å². The SMILES string of the molecule is O=C(NCCc1c[nH]c2ccccc12)C1CCN(c2ccnc3ccc(F)cc23)CC1. The Hall–Kier alpha value is -3.41. The Bertz CT molecular complexity index is 1230. The molecule has 5 rings (SSSR count). The van der Waals surface area contributed by atoms with Gasteiger partial charge in [-0.05, 0) is 55.2 Å². The maximum absolute atomic E-state index is 13.8. The topological polar surface area (TPSA) is 61.0 Å². The van der Waals surface area contributed by atoms with Gasteiger partial charge in [0.25, 0.3) is 0 Å². The Morgan fingerprint density at radius 3 is 2.84 bits per heavy atom. The second-order valence-corrected chi connectivity index (χ2v) is 8.15. The standard InChI is InChI=1S/C25H25FN4O/c26-19-5-6-23-21(15-19)24(8-12-27-23)30-13-9-17(10-14-30)25(31)28-11-7-18-16-29-22-4-2-1-3-20(18)22/h1-6,8,12,15-17,29H,7,9-11,13-14H2,(H,28,31). The van der Waals surface area contributed by atoms with Gasteiger partial charge in [-0.15, -0.1) is 0 Å². The Morgan fingerprint density at radius 2 is 1.97 bits per heavy atom. The lowest BCUT2D eigenvalue weighted by molar-refractivity contribution is -0.125. The molecule has 1 aliphatic rings. The Balaban J connectivity index is 1.17. The molecule has 0 bridgehead atoms. The summed E-state index contributed by atoms with van der Waals surface area (Å²) in [6.07, 6.45) is 6.18. The number of rotatable bonds is 5. The van der Waals surface area contributed by atoms with Gasteiger partial charge in [0.05, 0.1) is 5.52 Å². The number of hydrogen-bond acceptors (Lipinski definition) is 3. The van der Waals surface area contributed by atoms with Gasteiger partial charge in [-0.25, -0.2) is 4.39 Å². The number of halogens is 1. The number of nitrogens with zero attached hydrogens (tertiary/aromatic N) is 2. The lowest BCUT2D eigenvalue weighted by atomic mass is 9.95. The van der Waals surface area contributed by atoms with E-state index in [0.29, 0.717) is 6.54 Å². The molecular formula is C25H25FN4O. The monoisotopic (exact) mass is 416 g/mol. The number of anilines is 1. The number of pyridine rings is 1. The van der Waals surface area contributed by atoms with Crippen molar-refractivity contribution in [3.8, 4) is 0 Å². The number of aromatic amines is 1. The van der Waals surface area contributed by atoms with E-state index in [1.54, 1.807) is 18.3 Å². The molecule has 0 atom stereocenters. The summed E-state index contributed by atoms with van der Waals surface area (Å²) in [7, 11) is 0. The van der Waals surface area contributed by atoms with Crippen LogP contribution in [0.15, 0.2) is 60.9 Å². The maximum Gasteiger partial charge on any atom is 0.223 e. The number of para-hydroxylation sites is 1.